The van der Waals surface area contributed by atoms with Crippen molar-refractivity contribution in [3.63, 3.8) is 0 Å². The van der Waals surface area contributed by atoms with Crippen LogP contribution < -0.4 is 10.2 Å². The fourth-order valence-corrected chi connectivity index (χ4v) is 2.42. The molecule has 0 heterocycles. The summed E-state index contributed by atoms with van der Waals surface area (Å²) in [6, 6.07) is 8.92. The van der Waals surface area contributed by atoms with Crippen molar-refractivity contribution in [3.05, 3.63) is 29.8 Å². The van der Waals surface area contributed by atoms with E-state index in [1.165, 1.54) is 23.4 Å². The topological polar surface area (TPSA) is 15.3 Å². The molecule has 0 aliphatic carbocycles. The Morgan fingerprint density at radius 3 is 2.33 bits per heavy atom. The summed E-state index contributed by atoms with van der Waals surface area (Å²) in [6.45, 7) is 8.63. The van der Waals surface area contributed by atoms with Crippen LogP contribution in [0.25, 0.3) is 0 Å². The zero-order valence-corrected chi connectivity index (χ0v) is 12.7. The number of hydrogen-bond donors (Lipinski definition) is 1. The van der Waals surface area contributed by atoms with Crippen LogP contribution >= 0.6 is 11.8 Å². The lowest BCUT2D eigenvalue weighted by Gasteiger charge is -2.21. The monoisotopic (exact) mass is 266 g/mol. The first-order chi connectivity index (χ1) is 8.81. The predicted molar refractivity (Wildman–Crippen MR) is 84.7 cm³/mol. The second kappa shape index (κ2) is 9.29. The van der Waals surface area contributed by atoms with E-state index < -0.39 is 0 Å². The molecule has 102 valence electrons. The summed E-state index contributed by atoms with van der Waals surface area (Å²) in [4.78, 5) is 2.37. The van der Waals surface area contributed by atoms with Gasteiger partial charge in [-0.15, -0.1) is 0 Å². The number of rotatable bonds is 9. The second-order valence-electron chi connectivity index (χ2n) is 4.36. The van der Waals surface area contributed by atoms with E-state index in [9.17, 15) is 0 Å². The van der Waals surface area contributed by atoms with E-state index in [1.807, 2.05) is 11.8 Å². The molecule has 0 atom stereocenters. The average Bonchev–Trinajstić information content (AvgIpc) is 2.41. The van der Waals surface area contributed by atoms with Crippen molar-refractivity contribution >= 4 is 17.4 Å². The van der Waals surface area contributed by atoms with E-state index in [2.05, 4.69) is 54.6 Å². The Bertz CT molecular complexity index is 307. The van der Waals surface area contributed by atoms with Gasteiger partial charge in [0.05, 0.1) is 0 Å². The number of benzene rings is 1. The molecule has 1 aromatic rings. The Kier molecular flexibility index (Phi) is 7.94. The molecule has 0 saturated heterocycles. The largest absolute Gasteiger partial charge is 0.372 e. The third-order valence-electron chi connectivity index (χ3n) is 3.10. The molecule has 0 amide bonds. The molecule has 0 unspecified atom stereocenters. The molecule has 1 N–H and O–H groups in total. The molecule has 0 bridgehead atoms. The van der Waals surface area contributed by atoms with Gasteiger partial charge in [0.1, 0.15) is 0 Å². The number of nitrogens with one attached hydrogen (secondary N) is 1. The number of hydrogen-bond acceptors (Lipinski definition) is 3. The van der Waals surface area contributed by atoms with E-state index in [0.29, 0.717) is 0 Å². The minimum atomic E-state index is 0.979. The Balaban J connectivity index is 2.35. The van der Waals surface area contributed by atoms with Crippen LogP contribution in [-0.4, -0.2) is 31.6 Å². The van der Waals surface area contributed by atoms with E-state index >= 15 is 0 Å². The third kappa shape index (κ3) is 5.32. The second-order valence-corrected chi connectivity index (χ2v) is 5.35. The van der Waals surface area contributed by atoms with Crippen molar-refractivity contribution in [3.8, 4) is 0 Å². The molecule has 18 heavy (non-hydrogen) atoms. The average molecular weight is 266 g/mol. The lowest BCUT2D eigenvalue weighted by molar-refractivity contribution is 0.679. The van der Waals surface area contributed by atoms with Gasteiger partial charge in [0.15, 0.2) is 0 Å². The van der Waals surface area contributed by atoms with Gasteiger partial charge in [-0.05, 0) is 56.5 Å². The van der Waals surface area contributed by atoms with E-state index in [-0.39, 0.29) is 0 Å². The maximum absolute atomic E-state index is 3.49. The first kappa shape index (κ1) is 15.4. The van der Waals surface area contributed by atoms with Crippen LogP contribution in [0.4, 0.5) is 5.69 Å². The fraction of sp³-hybridized carbons (Fsp3) is 0.600. The number of thioether (sulfide) groups is 1. The highest BCUT2D eigenvalue weighted by Crippen LogP contribution is 2.14. The van der Waals surface area contributed by atoms with Crippen LogP contribution in [0.1, 0.15) is 25.8 Å². The van der Waals surface area contributed by atoms with Crippen LogP contribution in [0.5, 0.6) is 0 Å². The summed E-state index contributed by atoms with van der Waals surface area (Å²) >= 11 is 1.91. The molecular formula is C15H26N2S. The molecule has 1 aromatic carbocycles. The third-order valence-corrected chi connectivity index (χ3v) is 3.79. The number of anilines is 1. The molecule has 0 saturated carbocycles. The Morgan fingerprint density at radius 1 is 1.11 bits per heavy atom. The molecule has 0 radical (unpaired) electrons. The summed E-state index contributed by atoms with van der Waals surface area (Å²) in [5.74, 6) is 1.24. The lowest BCUT2D eigenvalue weighted by atomic mass is 10.2. The highest BCUT2D eigenvalue weighted by Gasteiger charge is 2.00. The molecule has 0 aromatic heterocycles. The molecule has 0 aliphatic rings. The van der Waals surface area contributed by atoms with Gasteiger partial charge in [-0.3, -0.25) is 0 Å². The van der Waals surface area contributed by atoms with Crippen LogP contribution in [0, 0.1) is 0 Å². The van der Waals surface area contributed by atoms with Gasteiger partial charge in [-0.25, -0.2) is 0 Å². The molecule has 0 fully saturated rings. The molecule has 3 heteroatoms. The maximum Gasteiger partial charge on any atom is 0.0366 e. The standard InChI is InChI=1S/C15H26N2S/c1-4-17(5-2)15-9-7-14(8-10-15)13-16-11-6-12-18-3/h7-10,16H,4-6,11-13H2,1-3H3. The maximum atomic E-state index is 3.49. The summed E-state index contributed by atoms with van der Waals surface area (Å²) in [6.07, 6.45) is 3.41. The normalized spacial score (nSPS) is 10.6. The summed E-state index contributed by atoms with van der Waals surface area (Å²) < 4.78 is 0. The lowest BCUT2D eigenvalue weighted by Crippen LogP contribution is -2.21. The van der Waals surface area contributed by atoms with Crippen molar-refractivity contribution in [2.75, 3.05) is 36.5 Å². The van der Waals surface area contributed by atoms with Crippen molar-refractivity contribution in [1.82, 2.24) is 5.32 Å². The Labute approximate surface area is 116 Å². The molecule has 0 spiro atoms. The highest BCUT2D eigenvalue weighted by molar-refractivity contribution is 7.98. The zero-order chi connectivity index (χ0) is 13.2. The minimum absolute atomic E-state index is 0.979. The molecular weight excluding hydrogens is 240 g/mol. The van der Waals surface area contributed by atoms with E-state index in [1.54, 1.807) is 0 Å². The minimum Gasteiger partial charge on any atom is -0.372 e. The first-order valence-electron chi connectivity index (χ1n) is 6.85. The van der Waals surface area contributed by atoms with Crippen molar-refractivity contribution in [2.24, 2.45) is 0 Å². The van der Waals surface area contributed by atoms with Gasteiger partial charge in [0.25, 0.3) is 0 Å². The predicted octanol–water partition coefficient (Wildman–Crippen LogP) is 3.38. The van der Waals surface area contributed by atoms with Gasteiger partial charge in [0.2, 0.25) is 0 Å². The van der Waals surface area contributed by atoms with Crippen molar-refractivity contribution < 1.29 is 0 Å². The Hall–Kier alpha value is -0.670. The SMILES string of the molecule is CCN(CC)c1ccc(CNCCCSC)cc1. The molecule has 1 rings (SSSR count). The van der Waals surface area contributed by atoms with Gasteiger partial charge < -0.3 is 10.2 Å². The van der Waals surface area contributed by atoms with E-state index in [4.69, 9.17) is 0 Å². The first-order valence-corrected chi connectivity index (χ1v) is 8.24. The van der Waals surface area contributed by atoms with Gasteiger partial charge in [-0.2, -0.15) is 11.8 Å². The zero-order valence-electron chi connectivity index (χ0n) is 11.9. The molecule has 2 nitrogen and oxygen atoms in total. The van der Waals surface area contributed by atoms with Crippen molar-refractivity contribution in [2.45, 2.75) is 26.8 Å². The van der Waals surface area contributed by atoms with Crippen LogP contribution in [0.3, 0.4) is 0 Å². The molecule has 0 aliphatic heterocycles. The van der Waals surface area contributed by atoms with Crippen LogP contribution in [0.15, 0.2) is 24.3 Å². The summed E-state index contributed by atoms with van der Waals surface area (Å²) in [7, 11) is 0. The van der Waals surface area contributed by atoms with Crippen LogP contribution in [0.2, 0.25) is 0 Å². The Morgan fingerprint density at radius 2 is 1.78 bits per heavy atom. The van der Waals surface area contributed by atoms with Gasteiger partial charge >= 0.3 is 0 Å². The fourth-order valence-electron chi connectivity index (χ4n) is 1.99. The highest BCUT2D eigenvalue weighted by atomic mass is 32.2. The quantitative estimate of drug-likeness (QED) is 0.690. The van der Waals surface area contributed by atoms with Crippen LogP contribution in [-0.2, 0) is 6.54 Å². The summed E-state index contributed by atoms with van der Waals surface area (Å²) in [5.41, 5.74) is 2.70. The van der Waals surface area contributed by atoms with Gasteiger partial charge in [-0.1, -0.05) is 12.1 Å². The number of nitrogens with zero attached hydrogens (tertiary/aromatic N) is 1. The smallest absolute Gasteiger partial charge is 0.0366 e. The van der Waals surface area contributed by atoms with Crippen molar-refractivity contribution in [1.29, 1.82) is 0 Å². The summed E-state index contributed by atoms with van der Waals surface area (Å²) in [5, 5.41) is 3.49. The van der Waals surface area contributed by atoms with E-state index in [0.717, 1.165) is 26.2 Å². The van der Waals surface area contributed by atoms with Gasteiger partial charge in [0, 0.05) is 25.3 Å².